The van der Waals surface area contributed by atoms with E-state index in [4.69, 9.17) is 4.74 Å². The molecule has 15 heavy (non-hydrogen) atoms. The molecule has 0 aromatic carbocycles. The SMILES string of the molecule is CC1CCC(c2nc(C=O)cc(=O)[nH]2)O1. The highest BCUT2D eigenvalue weighted by atomic mass is 16.5. The van der Waals surface area contributed by atoms with Gasteiger partial charge in [0.25, 0.3) is 5.56 Å². The first-order valence-corrected chi connectivity index (χ1v) is 4.91. The van der Waals surface area contributed by atoms with Gasteiger partial charge in [-0.1, -0.05) is 0 Å². The summed E-state index contributed by atoms with van der Waals surface area (Å²) in [5.41, 5.74) is -0.165. The third-order valence-electron chi connectivity index (χ3n) is 2.44. The van der Waals surface area contributed by atoms with Gasteiger partial charge >= 0.3 is 0 Å². The molecule has 2 unspecified atom stereocenters. The van der Waals surface area contributed by atoms with E-state index in [-0.39, 0.29) is 23.5 Å². The van der Waals surface area contributed by atoms with E-state index in [1.165, 1.54) is 6.07 Å². The normalized spacial score (nSPS) is 25.4. The molecule has 0 aliphatic carbocycles. The maximum atomic E-state index is 11.2. The first-order chi connectivity index (χ1) is 7.19. The van der Waals surface area contributed by atoms with Crippen molar-refractivity contribution in [1.82, 2.24) is 9.97 Å². The lowest BCUT2D eigenvalue weighted by Gasteiger charge is -2.09. The lowest BCUT2D eigenvalue weighted by molar-refractivity contribution is 0.0500. The largest absolute Gasteiger partial charge is 0.367 e. The van der Waals surface area contributed by atoms with Crippen molar-refractivity contribution < 1.29 is 9.53 Å². The Morgan fingerprint density at radius 2 is 2.40 bits per heavy atom. The van der Waals surface area contributed by atoms with E-state index in [0.29, 0.717) is 12.1 Å². The number of aromatic nitrogens is 2. The van der Waals surface area contributed by atoms with Gasteiger partial charge in [0.05, 0.1) is 6.10 Å². The Bertz CT molecular complexity index is 427. The van der Waals surface area contributed by atoms with Crippen molar-refractivity contribution in [2.24, 2.45) is 0 Å². The van der Waals surface area contributed by atoms with Crippen LogP contribution in [0, 0.1) is 0 Å². The lowest BCUT2D eigenvalue weighted by Crippen LogP contribution is -2.15. The Labute approximate surface area is 86.5 Å². The lowest BCUT2D eigenvalue weighted by atomic mass is 10.2. The number of nitrogens with zero attached hydrogens (tertiary/aromatic N) is 1. The van der Waals surface area contributed by atoms with Crippen LogP contribution in [0.25, 0.3) is 0 Å². The van der Waals surface area contributed by atoms with Gasteiger partial charge in [-0.2, -0.15) is 0 Å². The van der Waals surface area contributed by atoms with Crippen molar-refractivity contribution in [3.63, 3.8) is 0 Å². The summed E-state index contributed by atoms with van der Waals surface area (Å²) in [6.45, 7) is 1.97. The van der Waals surface area contributed by atoms with Crippen LogP contribution in [0.2, 0.25) is 0 Å². The van der Waals surface area contributed by atoms with Crippen molar-refractivity contribution in [2.45, 2.75) is 32.0 Å². The molecule has 1 saturated heterocycles. The van der Waals surface area contributed by atoms with Crippen molar-refractivity contribution in [2.75, 3.05) is 0 Å². The number of carbonyl (C=O) groups is 1. The highest BCUT2D eigenvalue weighted by molar-refractivity contribution is 5.71. The van der Waals surface area contributed by atoms with Crippen molar-refractivity contribution in [3.05, 3.63) is 27.9 Å². The third-order valence-corrected chi connectivity index (χ3v) is 2.44. The summed E-state index contributed by atoms with van der Waals surface area (Å²) in [6, 6.07) is 1.18. The van der Waals surface area contributed by atoms with E-state index in [1.54, 1.807) is 0 Å². The summed E-state index contributed by atoms with van der Waals surface area (Å²) in [6.07, 6.45) is 2.33. The molecule has 1 aliphatic rings. The fourth-order valence-electron chi connectivity index (χ4n) is 1.71. The van der Waals surface area contributed by atoms with E-state index < -0.39 is 0 Å². The maximum Gasteiger partial charge on any atom is 0.251 e. The van der Waals surface area contributed by atoms with Gasteiger partial charge in [-0.15, -0.1) is 0 Å². The molecule has 1 aromatic heterocycles. The molecule has 5 nitrogen and oxygen atoms in total. The summed E-state index contributed by atoms with van der Waals surface area (Å²) >= 11 is 0. The molecule has 0 bridgehead atoms. The maximum absolute atomic E-state index is 11.2. The van der Waals surface area contributed by atoms with Gasteiger partial charge in [0.15, 0.2) is 6.29 Å². The van der Waals surface area contributed by atoms with Gasteiger partial charge in [-0.3, -0.25) is 9.59 Å². The molecule has 0 amide bonds. The van der Waals surface area contributed by atoms with Crippen LogP contribution in [0.5, 0.6) is 0 Å². The first-order valence-electron chi connectivity index (χ1n) is 4.91. The van der Waals surface area contributed by atoms with Crippen LogP contribution in [0.3, 0.4) is 0 Å². The molecule has 0 radical (unpaired) electrons. The first kappa shape index (κ1) is 10.0. The number of carbonyl (C=O) groups excluding carboxylic acids is 1. The van der Waals surface area contributed by atoms with E-state index in [9.17, 15) is 9.59 Å². The van der Waals surface area contributed by atoms with E-state index in [0.717, 1.165) is 12.8 Å². The quantitative estimate of drug-likeness (QED) is 0.730. The van der Waals surface area contributed by atoms with Crippen LogP contribution >= 0.6 is 0 Å². The van der Waals surface area contributed by atoms with Crippen LogP contribution in [-0.2, 0) is 4.74 Å². The fraction of sp³-hybridized carbons (Fsp3) is 0.500. The smallest absolute Gasteiger partial charge is 0.251 e. The number of nitrogens with one attached hydrogen (secondary N) is 1. The van der Waals surface area contributed by atoms with E-state index >= 15 is 0 Å². The number of aromatic amines is 1. The Balaban J connectivity index is 2.31. The molecule has 1 aliphatic heterocycles. The second-order valence-corrected chi connectivity index (χ2v) is 3.69. The summed E-state index contributed by atoms with van der Waals surface area (Å²) in [7, 11) is 0. The number of hydrogen-bond donors (Lipinski definition) is 1. The Morgan fingerprint density at radius 3 is 3.00 bits per heavy atom. The van der Waals surface area contributed by atoms with E-state index in [1.807, 2.05) is 6.92 Å². The van der Waals surface area contributed by atoms with Crippen LogP contribution in [0.1, 0.15) is 42.2 Å². The second-order valence-electron chi connectivity index (χ2n) is 3.69. The molecule has 80 valence electrons. The number of rotatable bonds is 2. The summed E-state index contributed by atoms with van der Waals surface area (Å²) < 4.78 is 5.55. The number of H-pyrrole nitrogens is 1. The predicted molar refractivity (Wildman–Crippen MR) is 52.8 cm³/mol. The molecule has 5 heteroatoms. The zero-order valence-corrected chi connectivity index (χ0v) is 8.40. The van der Waals surface area contributed by atoms with Crippen molar-refractivity contribution >= 4 is 6.29 Å². The average molecular weight is 208 g/mol. The molecule has 1 aromatic rings. The number of aldehydes is 1. The van der Waals surface area contributed by atoms with Crippen LogP contribution in [0.15, 0.2) is 10.9 Å². The molecule has 2 atom stereocenters. The minimum absolute atomic E-state index is 0.150. The van der Waals surface area contributed by atoms with Gasteiger partial charge in [-0.05, 0) is 19.8 Å². The molecular formula is C10H12N2O3. The van der Waals surface area contributed by atoms with Gasteiger partial charge in [0.2, 0.25) is 0 Å². The third kappa shape index (κ3) is 2.12. The molecule has 1 N–H and O–H groups in total. The highest BCUT2D eigenvalue weighted by Gasteiger charge is 2.25. The van der Waals surface area contributed by atoms with Gasteiger partial charge in [0, 0.05) is 6.07 Å². The van der Waals surface area contributed by atoms with Gasteiger partial charge in [-0.25, -0.2) is 4.98 Å². The number of ether oxygens (including phenoxy) is 1. The molecular weight excluding hydrogens is 196 g/mol. The molecule has 0 spiro atoms. The minimum Gasteiger partial charge on any atom is -0.367 e. The second kappa shape index (κ2) is 3.94. The highest BCUT2D eigenvalue weighted by Crippen LogP contribution is 2.29. The van der Waals surface area contributed by atoms with Gasteiger partial charge < -0.3 is 9.72 Å². The zero-order chi connectivity index (χ0) is 10.8. The average Bonchev–Trinajstić information content (AvgIpc) is 2.64. The monoisotopic (exact) mass is 208 g/mol. The van der Waals surface area contributed by atoms with Crippen LogP contribution in [-0.4, -0.2) is 22.4 Å². The minimum atomic E-state index is -0.315. The Kier molecular flexibility index (Phi) is 2.64. The summed E-state index contributed by atoms with van der Waals surface area (Å²) in [4.78, 5) is 28.3. The molecule has 0 saturated carbocycles. The fourth-order valence-corrected chi connectivity index (χ4v) is 1.71. The zero-order valence-electron chi connectivity index (χ0n) is 8.40. The number of hydrogen-bond acceptors (Lipinski definition) is 4. The topological polar surface area (TPSA) is 72.0 Å². The predicted octanol–water partition coefficient (Wildman–Crippen LogP) is 0.822. The summed E-state index contributed by atoms with van der Waals surface area (Å²) in [5.74, 6) is 0.453. The van der Waals surface area contributed by atoms with Crippen molar-refractivity contribution in [1.29, 1.82) is 0 Å². The van der Waals surface area contributed by atoms with E-state index in [2.05, 4.69) is 9.97 Å². The van der Waals surface area contributed by atoms with Crippen LogP contribution in [0.4, 0.5) is 0 Å². The van der Waals surface area contributed by atoms with Gasteiger partial charge in [0.1, 0.15) is 17.6 Å². The Hall–Kier alpha value is -1.49. The van der Waals surface area contributed by atoms with Crippen LogP contribution < -0.4 is 5.56 Å². The molecule has 1 fully saturated rings. The summed E-state index contributed by atoms with van der Waals surface area (Å²) in [5, 5.41) is 0. The van der Waals surface area contributed by atoms with Crippen molar-refractivity contribution in [3.8, 4) is 0 Å². The molecule has 2 heterocycles. The standard InChI is InChI=1S/C10H12N2O3/c1-6-2-3-8(15-6)10-11-7(5-13)4-9(14)12-10/h4-6,8H,2-3H2,1H3,(H,11,12,14). The Morgan fingerprint density at radius 1 is 1.60 bits per heavy atom. The molecule has 2 rings (SSSR count).